The summed E-state index contributed by atoms with van der Waals surface area (Å²) in [4.78, 5) is 0. The van der Waals surface area contributed by atoms with Crippen LogP contribution in [-0.4, -0.2) is 13.7 Å². The fraction of sp³-hybridized carbons (Fsp3) is 0.286. The second-order valence-electron chi connectivity index (χ2n) is 4.06. The fourth-order valence-electron chi connectivity index (χ4n) is 1.96. The van der Waals surface area contributed by atoms with Gasteiger partial charge in [-0.15, -0.1) is 11.3 Å². The van der Waals surface area contributed by atoms with E-state index in [9.17, 15) is 0 Å². The predicted molar refractivity (Wildman–Crippen MR) is 93.2 cm³/mol. The minimum absolute atomic E-state index is 0.213. The predicted octanol–water partition coefficient (Wildman–Crippen LogP) is 4.82. The summed E-state index contributed by atoms with van der Waals surface area (Å²) in [6, 6.07) is 8.57. The SMILES string of the molecule is CCNC(c1csc(I)c1)c1ccc(OC)cc1Br. The molecule has 0 saturated heterocycles. The largest absolute Gasteiger partial charge is 0.497 e. The summed E-state index contributed by atoms with van der Waals surface area (Å²) >= 11 is 7.78. The number of halogens is 2. The Hall–Kier alpha value is -0.110. The average molecular weight is 452 g/mol. The number of hydrogen-bond donors (Lipinski definition) is 1. The highest BCUT2D eigenvalue weighted by molar-refractivity contribution is 14.1. The van der Waals surface area contributed by atoms with Crippen molar-refractivity contribution in [2.45, 2.75) is 13.0 Å². The van der Waals surface area contributed by atoms with Gasteiger partial charge in [-0.2, -0.15) is 0 Å². The van der Waals surface area contributed by atoms with Gasteiger partial charge in [-0.1, -0.05) is 28.9 Å². The molecule has 1 atom stereocenters. The Labute approximate surface area is 139 Å². The first-order chi connectivity index (χ1) is 9.15. The molecule has 2 nitrogen and oxygen atoms in total. The van der Waals surface area contributed by atoms with Crippen LogP contribution in [0.25, 0.3) is 0 Å². The van der Waals surface area contributed by atoms with Gasteiger partial charge in [0.15, 0.2) is 0 Å². The number of nitrogens with one attached hydrogen (secondary N) is 1. The van der Waals surface area contributed by atoms with Crippen LogP contribution in [0, 0.1) is 2.88 Å². The monoisotopic (exact) mass is 451 g/mol. The molecular formula is C14H15BrINOS. The summed E-state index contributed by atoms with van der Waals surface area (Å²) in [5, 5.41) is 5.75. The lowest BCUT2D eigenvalue weighted by Crippen LogP contribution is -2.21. The Morgan fingerprint density at radius 2 is 2.21 bits per heavy atom. The van der Waals surface area contributed by atoms with Gasteiger partial charge in [0.1, 0.15) is 5.75 Å². The van der Waals surface area contributed by atoms with E-state index in [1.807, 2.05) is 12.1 Å². The molecule has 19 heavy (non-hydrogen) atoms. The van der Waals surface area contributed by atoms with Crippen LogP contribution < -0.4 is 10.1 Å². The molecule has 0 bridgehead atoms. The Kier molecular flexibility index (Phi) is 5.68. The summed E-state index contributed by atoms with van der Waals surface area (Å²) in [5.41, 5.74) is 2.54. The van der Waals surface area contributed by atoms with Crippen molar-refractivity contribution < 1.29 is 4.74 Å². The van der Waals surface area contributed by atoms with E-state index < -0.39 is 0 Å². The van der Waals surface area contributed by atoms with Crippen LogP contribution >= 0.6 is 49.9 Å². The number of methoxy groups -OCH3 is 1. The van der Waals surface area contributed by atoms with E-state index in [4.69, 9.17) is 4.74 Å². The molecule has 102 valence electrons. The lowest BCUT2D eigenvalue weighted by molar-refractivity contribution is 0.414. The summed E-state index contributed by atoms with van der Waals surface area (Å²) in [5.74, 6) is 0.866. The van der Waals surface area contributed by atoms with Crippen molar-refractivity contribution in [2.24, 2.45) is 0 Å². The topological polar surface area (TPSA) is 21.3 Å². The third kappa shape index (κ3) is 3.71. The van der Waals surface area contributed by atoms with E-state index in [1.165, 1.54) is 14.0 Å². The summed E-state index contributed by atoms with van der Waals surface area (Å²) in [6.07, 6.45) is 0. The molecule has 1 unspecified atom stereocenters. The van der Waals surface area contributed by atoms with Gasteiger partial charge in [0, 0.05) is 4.47 Å². The number of ether oxygens (including phenoxy) is 1. The van der Waals surface area contributed by atoms with E-state index >= 15 is 0 Å². The van der Waals surface area contributed by atoms with E-state index in [0.29, 0.717) is 0 Å². The van der Waals surface area contributed by atoms with Gasteiger partial charge in [0.2, 0.25) is 0 Å². The average Bonchev–Trinajstić information content (AvgIpc) is 2.83. The second-order valence-corrected chi connectivity index (χ2v) is 7.72. The standard InChI is InChI=1S/C14H15BrINOS/c1-3-17-14(9-6-13(16)19-8-9)11-5-4-10(18-2)7-12(11)15/h4-8,14,17H,3H2,1-2H3. The van der Waals surface area contributed by atoms with Crippen molar-refractivity contribution in [1.82, 2.24) is 5.32 Å². The molecule has 1 aromatic heterocycles. The minimum Gasteiger partial charge on any atom is -0.497 e. The van der Waals surface area contributed by atoms with E-state index in [-0.39, 0.29) is 6.04 Å². The Bertz CT molecular complexity index is 558. The molecule has 0 aliphatic carbocycles. The minimum atomic E-state index is 0.213. The molecule has 0 aliphatic rings. The van der Waals surface area contributed by atoms with Crippen molar-refractivity contribution in [2.75, 3.05) is 13.7 Å². The molecule has 2 rings (SSSR count). The molecule has 0 radical (unpaired) electrons. The Morgan fingerprint density at radius 3 is 2.74 bits per heavy atom. The molecular weight excluding hydrogens is 437 g/mol. The van der Waals surface area contributed by atoms with Crippen molar-refractivity contribution in [1.29, 1.82) is 0 Å². The van der Waals surface area contributed by atoms with Crippen LogP contribution in [-0.2, 0) is 0 Å². The Balaban J connectivity index is 2.39. The fourth-order valence-corrected chi connectivity index (χ4v) is 3.94. The number of thiophene rings is 1. The third-order valence-electron chi connectivity index (χ3n) is 2.85. The van der Waals surface area contributed by atoms with Crippen LogP contribution in [0.4, 0.5) is 0 Å². The molecule has 2 aromatic rings. The third-order valence-corrected chi connectivity index (χ3v) is 5.34. The molecule has 1 heterocycles. The first-order valence-electron chi connectivity index (χ1n) is 5.96. The molecule has 1 aromatic carbocycles. The van der Waals surface area contributed by atoms with Gasteiger partial charge in [-0.05, 0) is 63.8 Å². The molecule has 0 fully saturated rings. The molecule has 0 aliphatic heterocycles. The van der Waals surface area contributed by atoms with Crippen molar-refractivity contribution >= 4 is 49.9 Å². The first kappa shape index (κ1) is 15.3. The Morgan fingerprint density at radius 1 is 1.42 bits per heavy atom. The van der Waals surface area contributed by atoms with Crippen LogP contribution in [0.15, 0.2) is 34.1 Å². The molecule has 0 spiro atoms. The van der Waals surface area contributed by atoms with Crippen LogP contribution in [0.5, 0.6) is 5.75 Å². The highest BCUT2D eigenvalue weighted by Gasteiger charge is 2.17. The number of hydrogen-bond acceptors (Lipinski definition) is 3. The van der Waals surface area contributed by atoms with Crippen LogP contribution in [0.1, 0.15) is 24.1 Å². The van der Waals surface area contributed by atoms with Gasteiger partial charge < -0.3 is 10.1 Å². The molecule has 0 saturated carbocycles. The zero-order chi connectivity index (χ0) is 13.8. The maximum absolute atomic E-state index is 5.25. The number of benzene rings is 1. The smallest absolute Gasteiger partial charge is 0.120 e. The highest BCUT2D eigenvalue weighted by Crippen LogP contribution is 2.33. The lowest BCUT2D eigenvalue weighted by Gasteiger charge is -2.19. The second kappa shape index (κ2) is 7.06. The highest BCUT2D eigenvalue weighted by atomic mass is 127. The van der Waals surface area contributed by atoms with Gasteiger partial charge in [-0.25, -0.2) is 0 Å². The van der Waals surface area contributed by atoms with Crippen LogP contribution in [0.2, 0.25) is 0 Å². The number of rotatable bonds is 5. The van der Waals surface area contributed by atoms with Gasteiger partial charge in [-0.3, -0.25) is 0 Å². The first-order valence-corrected chi connectivity index (χ1v) is 8.71. The lowest BCUT2D eigenvalue weighted by atomic mass is 10.0. The quantitative estimate of drug-likeness (QED) is 0.658. The van der Waals surface area contributed by atoms with Crippen molar-refractivity contribution in [3.8, 4) is 5.75 Å². The van der Waals surface area contributed by atoms with Crippen molar-refractivity contribution in [3.05, 3.63) is 48.1 Å². The van der Waals surface area contributed by atoms with Crippen molar-refractivity contribution in [3.63, 3.8) is 0 Å². The zero-order valence-electron chi connectivity index (χ0n) is 10.7. The van der Waals surface area contributed by atoms with E-state index in [2.05, 4.69) is 68.3 Å². The molecule has 0 amide bonds. The van der Waals surface area contributed by atoms with Gasteiger partial charge >= 0.3 is 0 Å². The van der Waals surface area contributed by atoms with E-state index in [0.717, 1.165) is 16.8 Å². The summed E-state index contributed by atoms with van der Waals surface area (Å²) in [7, 11) is 1.68. The normalized spacial score (nSPS) is 12.4. The zero-order valence-corrected chi connectivity index (χ0v) is 15.3. The molecule has 1 N–H and O–H groups in total. The van der Waals surface area contributed by atoms with E-state index in [1.54, 1.807) is 18.4 Å². The maximum Gasteiger partial charge on any atom is 0.120 e. The summed E-state index contributed by atoms with van der Waals surface area (Å²) in [6.45, 7) is 3.05. The van der Waals surface area contributed by atoms with Crippen LogP contribution in [0.3, 0.4) is 0 Å². The van der Waals surface area contributed by atoms with Gasteiger partial charge in [0.25, 0.3) is 0 Å². The molecule has 5 heteroatoms. The maximum atomic E-state index is 5.25. The summed E-state index contributed by atoms with van der Waals surface area (Å²) < 4.78 is 7.62. The van der Waals surface area contributed by atoms with Gasteiger partial charge in [0.05, 0.1) is 16.0 Å².